The van der Waals surface area contributed by atoms with E-state index in [-0.39, 0.29) is 16.8 Å². The van der Waals surface area contributed by atoms with Crippen molar-refractivity contribution in [1.82, 2.24) is 4.98 Å². The minimum absolute atomic E-state index is 0.00833. The number of anilines is 1. The summed E-state index contributed by atoms with van der Waals surface area (Å²) in [6, 6.07) is 8.40. The number of hydrogen-bond donors (Lipinski definition) is 1. The van der Waals surface area contributed by atoms with Crippen molar-refractivity contribution in [2.45, 2.75) is 24.8 Å². The van der Waals surface area contributed by atoms with Crippen LogP contribution in [0.2, 0.25) is 0 Å². The van der Waals surface area contributed by atoms with Crippen molar-refractivity contribution in [2.24, 2.45) is 0 Å². The molecule has 0 bridgehead atoms. The zero-order valence-electron chi connectivity index (χ0n) is 11.6. The van der Waals surface area contributed by atoms with Gasteiger partial charge in [-0.25, -0.2) is 17.8 Å². The first kappa shape index (κ1) is 15.2. The maximum Gasteiger partial charge on any atom is 0.263 e. The second kappa shape index (κ2) is 6.09. The Morgan fingerprint density at radius 2 is 1.81 bits per heavy atom. The quantitative estimate of drug-likeness (QED) is 0.922. The largest absolute Gasteiger partial charge is 0.491 e. The van der Waals surface area contributed by atoms with Crippen LogP contribution >= 0.6 is 0 Å². The molecule has 0 saturated heterocycles. The number of aromatic nitrogens is 1. The Morgan fingerprint density at radius 3 is 2.33 bits per heavy atom. The summed E-state index contributed by atoms with van der Waals surface area (Å²) in [6.07, 6.45) is 0.950. The third kappa shape index (κ3) is 4.16. The molecule has 0 aliphatic heterocycles. The molecule has 21 heavy (non-hydrogen) atoms. The van der Waals surface area contributed by atoms with Crippen molar-refractivity contribution in [3.05, 3.63) is 48.4 Å². The molecule has 1 aromatic heterocycles. The number of halogens is 1. The fraction of sp³-hybridized carbons (Fsp3) is 0.214. The van der Waals surface area contributed by atoms with Crippen LogP contribution in [-0.2, 0) is 10.0 Å². The SMILES string of the molecule is CC(C)Oc1ccc(S(=O)(=O)Nc2ccc(F)cn2)cc1. The highest BCUT2D eigenvalue weighted by molar-refractivity contribution is 7.92. The molecule has 0 spiro atoms. The zero-order chi connectivity index (χ0) is 15.5. The van der Waals surface area contributed by atoms with Gasteiger partial charge < -0.3 is 4.74 Å². The van der Waals surface area contributed by atoms with Crippen molar-refractivity contribution < 1.29 is 17.5 Å². The van der Waals surface area contributed by atoms with Gasteiger partial charge in [0, 0.05) is 0 Å². The van der Waals surface area contributed by atoms with Crippen LogP contribution < -0.4 is 9.46 Å². The molecule has 1 N–H and O–H groups in total. The topological polar surface area (TPSA) is 68.3 Å². The monoisotopic (exact) mass is 310 g/mol. The lowest BCUT2D eigenvalue weighted by Gasteiger charge is -2.11. The molecular weight excluding hydrogens is 295 g/mol. The number of hydrogen-bond acceptors (Lipinski definition) is 4. The van der Waals surface area contributed by atoms with Crippen molar-refractivity contribution in [3.8, 4) is 5.75 Å². The predicted molar refractivity (Wildman–Crippen MR) is 77.2 cm³/mol. The predicted octanol–water partition coefficient (Wildman–Crippen LogP) is 2.81. The van der Waals surface area contributed by atoms with Gasteiger partial charge in [0.25, 0.3) is 10.0 Å². The van der Waals surface area contributed by atoms with E-state index in [9.17, 15) is 12.8 Å². The minimum Gasteiger partial charge on any atom is -0.491 e. The van der Waals surface area contributed by atoms with Crippen LogP contribution in [0.1, 0.15) is 13.8 Å². The van der Waals surface area contributed by atoms with E-state index < -0.39 is 15.8 Å². The highest BCUT2D eigenvalue weighted by atomic mass is 32.2. The van der Waals surface area contributed by atoms with E-state index in [1.807, 2.05) is 13.8 Å². The number of sulfonamides is 1. The van der Waals surface area contributed by atoms with Gasteiger partial charge >= 0.3 is 0 Å². The van der Waals surface area contributed by atoms with E-state index in [4.69, 9.17) is 4.74 Å². The molecule has 0 unspecified atom stereocenters. The second-order valence-corrected chi connectivity index (χ2v) is 6.29. The summed E-state index contributed by atoms with van der Waals surface area (Å²) in [5, 5.41) is 0. The van der Waals surface area contributed by atoms with Crippen LogP contribution in [0.5, 0.6) is 5.75 Å². The van der Waals surface area contributed by atoms with E-state index in [2.05, 4.69) is 9.71 Å². The Morgan fingerprint density at radius 1 is 1.14 bits per heavy atom. The summed E-state index contributed by atoms with van der Waals surface area (Å²) in [5.41, 5.74) is 0. The third-order valence-corrected chi connectivity index (χ3v) is 3.84. The molecule has 1 heterocycles. The van der Waals surface area contributed by atoms with Crippen LogP contribution in [-0.4, -0.2) is 19.5 Å². The van der Waals surface area contributed by atoms with Crippen molar-refractivity contribution >= 4 is 15.8 Å². The molecule has 0 radical (unpaired) electrons. The van der Waals surface area contributed by atoms with Gasteiger partial charge in [0.15, 0.2) is 0 Å². The lowest BCUT2D eigenvalue weighted by molar-refractivity contribution is 0.242. The molecule has 2 aromatic rings. The van der Waals surface area contributed by atoms with Crippen molar-refractivity contribution in [3.63, 3.8) is 0 Å². The average molecular weight is 310 g/mol. The van der Waals surface area contributed by atoms with E-state index in [0.29, 0.717) is 5.75 Å². The number of ether oxygens (including phenoxy) is 1. The van der Waals surface area contributed by atoms with Gasteiger partial charge in [-0.1, -0.05) is 0 Å². The fourth-order valence-corrected chi connectivity index (χ4v) is 2.61. The number of rotatable bonds is 5. The molecule has 0 fully saturated rings. The molecule has 112 valence electrons. The number of pyridine rings is 1. The molecule has 2 rings (SSSR count). The van der Waals surface area contributed by atoms with Crippen LogP contribution in [0.3, 0.4) is 0 Å². The molecule has 0 atom stereocenters. The van der Waals surface area contributed by atoms with Crippen LogP contribution in [0, 0.1) is 5.82 Å². The fourth-order valence-electron chi connectivity index (χ4n) is 1.60. The minimum atomic E-state index is -3.76. The van der Waals surface area contributed by atoms with Gasteiger partial charge in [-0.05, 0) is 50.2 Å². The second-order valence-electron chi connectivity index (χ2n) is 4.61. The Hall–Kier alpha value is -2.15. The highest BCUT2D eigenvalue weighted by Crippen LogP contribution is 2.19. The summed E-state index contributed by atoms with van der Waals surface area (Å²) in [6.45, 7) is 3.76. The van der Waals surface area contributed by atoms with Gasteiger partial charge in [-0.3, -0.25) is 4.72 Å². The van der Waals surface area contributed by atoms with Gasteiger partial charge in [-0.2, -0.15) is 0 Å². The first-order valence-corrected chi connectivity index (χ1v) is 7.76. The van der Waals surface area contributed by atoms with Crippen LogP contribution in [0.25, 0.3) is 0 Å². The third-order valence-electron chi connectivity index (χ3n) is 2.47. The summed E-state index contributed by atoms with van der Waals surface area (Å²) >= 11 is 0. The van der Waals surface area contributed by atoms with Crippen molar-refractivity contribution in [2.75, 3.05) is 4.72 Å². The maximum absolute atomic E-state index is 12.7. The van der Waals surface area contributed by atoms with Gasteiger partial charge in [0.05, 0.1) is 17.2 Å². The smallest absolute Gasteiger partial charge is 0.263 e. The Labute approximate surface area is 122 Å². The van der Waals surface area contributed by atoms with E-state index >= 15 is 0 Å². The van der Waals surface area contributed by atoms with Crippen molar-refractivity contribution in [1.29, 1.82) is 0 Å². The Kier molecular flexibility index (Phi) is 4.42. The number of nitrogens with one attached hydrogen (secondary N) is 1. The van der Waals surface area contributed by atoms with E-state index in [1.165, 1.54) is 18.2 Å². The molecule has 7 heteroatoms. The van der Waals surface area contributed by atoms with E-state index in [0.717, 1.165) is 12.3 Å². The van der Waals surface area contributed by atoms with Crippen LogP contribution in [0.15, 0.2) is 47.5 Å². The summed E-state index contributed by atoms with van der Waals surface area (Å²) in [4.78, 5) is 3.73. The van der Waals surface area contributed by atoms with Gasteiger partial charge in [0.1, 0.15) is 17.4 Å². The molecule has 5 nitrogen and oxygen atoms in total. The standard InChI is InChI=1S/C14H15FN2O3S/c1-10(2)20-12-4-6-13(7-5-12)21(18,19)17-14-8-3-11(15)9-16-14/h3-10H,1-2H3,(H,16,17). The normalized spacial score (nSPS) is 11.4. The lowest BCUT2D eigenvalue weighted by Crippen LogP contribution is -2.14. The average Bonchev–Trinajstić information content (AvgIpc) is 2.41. The number of nitrogens with zero attached hydrogens (tertiary/aromatic N) is 1. The highest BCUT2D eigenvalue weighted by Gasteiger charge is 2.15. The molecule has 0 aliphatic rings. The molecule has 0 amide bonds. The van der Waals surface area contributed by atoms with Gasteiger partial charge in [-0.15, -0.1) is 0 Å². The lowest BCUT2D eigenvalue weighted by atomic mass is 10.3. The molecular formula is C14H15FN2O3S. The summed E-state index contributed by atoms with van der Waals surface area (Å²) in [5.74, 6) is 0.107. The Balaban J connectivity index is 2.17. The zero-order valence-corrected chi connectivity index (χ0v) is 12.4. The Bertz CT molecular complexity index is 698. The van der Waals surface area contributed by atoms with Gasteiger partial charge in [0.2, 0.25) is 0 Å². The summed E-state index contributed by atoms with van der Waals surface area (Å²) in [7, 11) is -3.76. The van der Waals surface area contributed by atoms with E-state index in [1.54, 1.807) is 12.1 Å². The molecule has 1 aromatic carbocycles. The summed E-state index contributed by atoms with van der Waals surface area (Å²) < 4.78 is 44.7. The molecule has 0 saturated carbocycles. The first-order valence-electron chi connectivity index (χ1n) is 6.28. The number of benzene rings is 1. The first-order chi connectivity index (χ1) is 9.87. The maximum atomic E-state index is 12.7. The molecule has 0 aliphatic carbocycles. The van der Waals surface area contributed by atoms with Crippen LogP contribution in [0.4, 0.5) is 10.2 Å².